The third kappa shape index (κ3) is 11.9. The molecule has 2 heterocycles. The fourth-order valence-corrected chi connectivity index (χ4v) is 6.60. The van der Waals surface area contributed by atoms with Crippen molar-refractivity contribution >= 4 is 35.5 Å². The predicted molar refractivity (Wildman–Crippen MR) is 214 cm³/mol. The summed E-state index contributed by atoms with van der Waals surface area (Å²) >= 11 is 6.41. The standard InChI is InChI=1S/C35H37ClN2O6.C6H14N4O2/c1-3-5-13-38-33(30-11-10-28(36)19-32(30)44-21-24-8-6-7-9-29(24)35(41)42)27(20-37-38)17-26(34(39)40)16-25-18-31-23(12-14-43-31)15-22(25)4-2;7-4(5(11)12)2-1-3-10-6(8)9/h6-11,15,18-20,26H,3-5,12-14,16-17,21H2,1-2H3,(H,39,40)(H,41,42);4H,1-3,7H2,(H,11,12)(H4,8,9,10)/t;4-/m.0/s1. The number of aliphatic imine (C=N–C) groups is 1. The molecule has 15 heteroatoms. The quantitative estimate of drug-likeness (QED) is 0.0380. The molecule has 0 saturated carbocycles. The number of ether oxygens (including phenoxy) is 2. The zero-order chi connectivity index (χ0) is 40.8. The number of carboxylic acid groups (broad SMARTS) is 3. The van der Waals surface area contributed by atoms with E-state index in [2.05, 4.69) is 30.0 Å². The summed E-state index contributed by atoms with van der Waals surface area (Å²) in [6.07, 6.45) is 6.88. The van der Waals surface area contributed by atoms with Crippen molar-refractivity contribution in [2.24, 2.45) is 28.1 Å². The van der Waals surface area contributed by atoms with Crippen molar-refractivity contribution in [2.75, 3.05) is 13.2 Å². The second-order valence-corrected chi connectivity index (χ2v) is 13.9. The average Bonchev–Trinajstić information content (AvgIpc) is 3.80. The molecule has 0 radical (unpaired) electrons. The highest BCUT2D eigenvalue weighted by molar-refractivity contribution is 6.30. The molecule has 0 amide bonds. The molecule has 5 rings (SSSR count). The van der Waals surface area contributed by atoms with Gasteiger partial charge in [-0.25, -0.2) is 4.79 Å². The molecule has 2 atom stereocenters. The molecule has 300 valence electrons. The number of nitrogens with two attached hydrogens (primary N) is 3. The maximum absolute atomic E-state index is 12.7. The lowest BCUT2D eigenvalue weighted by molar-refractivity contribution is -0.141. The van der Waals surface area contributed by atoms with E-state index >= 15 is 0 Å². The number of fused-ring (bicyclic) bond motifs is 1. The number of benzene rings is 3. The molecule has 9 N–H and O–H groups in total. The van der Waals surface area contributed by atoms with Gasteiger partial charge in [-0.05, 0) is 91.1 Å². The normalized spacial score (nSPS) is 12.7. The Morgan fingerprint density at radius 3 is 2.39 bits per heavy atom. The Balaban J connectivity index is 0.000000501. The summed E-state index contributed by atoms with van der Waals surface area (Å²) in [4.78, 5) is 38.3. The number of carbonyl (C=O) groups is 3. The Bertz CT molecular complexity index is 2010. The Morgan fingerprint density at radius 2 is 1.71 bits per heavy atom. The van der Waals surface area contributed by atoms with Crippen LogP contribution in [0.5, 0.6) is 11.5 Å². The Labute approximate surface area is 331 Å². The number of hydrogen-bond donors (Lipinski definition) is 6. The number of aliphatic carboxylic acids is 2. The summed E-state index contributed by atoms with van der Waals surface area (Å²) in [5, 5.41) is 33.6. The lowest BCUT2D eigenvalue weighted by atomic mass is 9.88. The van der Waals surface area contributed by atoms with Crippen molar-refractivity contribution in [3.8, 4) is 22.8 Å². The molecule has 0 aliphatic carbocycles. The number of halogens is 1. The number of aryl methyl sites for hydroxylation is 2. The maximum Gasteiger partial charge on any atom is 0.336 e. The molecule has 0 saturated heterocycles. The summed E-state index contributed by atoms with van der Waals surface area (Å²) in [5.41, 5.74) is 21.6. The number of aromatic nitrogens is 2. The fraction of sp³-hybridized carbons (Fsp3) is 0.390. The fourth-order valence-electron chi connectivity index (χ4n) is 6.44. The Kier molecular flexibility index (Phi) is 16.1. The van der Waals surface area contributed by atoms with Crippen LogP contribution >= 0.6 is 11.6 Å². The summed E-state index contributed by atoms with van der Waals surface area (Å²) in [6, 6.07) is 15.4. The number of aromatic carboxylic acids is 1. The summed E-state index contributed by atoms with van der Waals surface area (Å²) in [6.45, 7) is 5.93. The second-order valence-electron chi connectivity index (χ2n) is 13.5. The van der Waals surface area contributed by atoms with Gasteiger partial charge in [0.25, 0.3) is 0 Å². The van der Waals surface area contributed by atoms with Gasteiger partial charge >= 0.3 is 17.9 Å². The molecule has 0 spiro atoms. The SMILES string of the molecule is CCCCn1ncc(CC(Cc2cc3c(cc2CC)CCO3)C(=O)O)c1-c1ccc(Cl)cc1OCc1ccccc1C(=O)O.NC(N)=NCCC[C@H](N)C(=O)O. The van der Waals surface area contributed by atoms with Gasteiger partial charge in [-0.1, -0.05) is 56.1 Å². The zero-order valence-electron chi connectivity index (χ0n) is 31.7. The van der Waals surface area contributed by atoms with E-state index in [1.54, 1.807) is 42.6 Å². The van der Waals surface area contributed by atoms with Crippen LogP contribution in [0.25, 0.3) is 11.3 Å². The smallest absolute Gasteiger partial charge is 0.336 e. The van der Waals surface area contributed by atoms with E-state index in [1.165, 1.54) is 5.56 Å². The van der Waals surface area contributed by atoms with Gasteiger partial charge in [-0.2, -0.15) is 5.10 Å². The van der Waals surface area contributed by atoms with Crippen LogP contribution in [0.1, 0.15) is 77.7 Å². The number of carboxylic acids is 3. The molecule has 3 aromatic carbocycles. The zero-order valence-corrected chi connectivity index (χ0v) is 32.5. The number of nitrogens with zero attached hydrogens (tertiary/aromatic N) is 3. The van der Waals surface area contributed by atoms with Crippen LogP contribution in [0.3, 0.4) is 0 Å². The van der Waals surface area contributed by atoms with Crippen molar-refractivity contribution in [3.63, 3.8) is 0 Å². The monoisotopic (exact) mass is 790 g/mol. The van der Waals surface area contributed by atoms with Crippen LogP contribution < -0.4 is 26.7 Å². The van der Waals surface area contributed by atoms with E-state index in [4.69, 9.17) is 43.4 Å². The van der Waals surface area contributed by atoms with Crippen LogP contribution in [0.15, 0.2) is 65.8 Å². The van der Waals surface area contributed by atoms with Gasteiger partial charge < -0.3 is 42.0 Å². The van der Waals surface area contributed by atoms with Crippen LogP contribution in [0.2, 0.25) is 5.02 Å². The molecule has 14 nitrogen and oxygen atoms in total. The van der Waals surface area contributed by atoms with Crippen LogP contribution in [0, 0.1) is 5.92 Å². The van der Waals surface area contributed by atoms with Crippen molar-refractivity contribution in [1.29, 1.82) is 0 Å². The lowest BCUT2D eigenvalue weighted by Crippen LogP contribution is -2.30. The first kappa shape index (κ1) is 43.1. The van der Waals surface area contributed by atoms with E-state index in [1.807, 2.05) is 16.8 Å². The maximum atomic E-state index is 12.7. The number of hydrogen-bond acceptors (Lipinski definition) is 8. The lowest BCUT2D eigenvalue weighted by Gasteiger charge is -2.19. The molecular formula is C41H51ClN6O8. The molecule has 4 aromatic rings. The van der Waals surface area contributed by atoms with E-state index in [-0.39, 0.29) is 24.6 Å². The minimum atomic E-state index is -1.03. The topological polar surface area (TPSA) is 239 Å². The van der Waals surface area contributed by atoms with Crippen LogP contribution in [-0.4, -0.2) is 68.2 Å². The van der Waals surface area contributed by atoms with Gasteiger partial charge in [-0.3, -0.25) is 19.3 Å². The number of guanidine groups is 1. The second kappa shape index (κ2) is 20.9. The van der Waals surface area contributed by atoms with E-state index in [0.717, 1.165) is 59.4 Å². The van der Waals surface area contributed by atoms with Gasteiger partial charge in [0.1, 0.15) is 24.1 Å². The molecule has 0 bridgehead atoms. The highest BCUT2D eigenvalue weighted by atomic mass is 35.5. The van der Waals surface area contributed by atoms with Gasteiger partial charge in [-0.15, -0.1) is 0 Å². The molecule has 1 aliphatic heterocycles. The van der Waals surface area contributed by atoms with Gasteiger partial charge in [0.2, 0.25) is 0 Å². The van der Waals surface area contributed by atoms with Gasteiger partial charge in [0.05, 0.1) is 30.0 Å². The largest absolute Gasteiger partial charge is 0.493 e. The molecule has 0 fully saturated rings. The third-order valence-corrected chi connectivity index (χ3v) is 9.66. The predicted octanol–water partition coefficient (Wildman–Crippen LogP) is 5.72. The highest BCUT2D eigenvalue weighted by Crippen LogP contribution is 2.37. The first-order valence-electron chi connectivity index (χ1n) is 18.6. The Hall–Kier alpha value is -5.60. The van der Waals surface area contributed by atoms with Crippen molar-refractivity contribution < 1.29 is 39.2 Å². The molecular weight excluding hydrogens is 740 g/mol. The minimum Gasteiger partial charge on any atom is -0.493 e. The summed E-state index contributed by atoms with van der Waals surface area (Å²) < 4.78 is 13.9. The van der Waals surface area contributed by atoms with E-state index in [9.17, 15) is 24.6 Å². The average molecular weight is 791 g/mol. The van der Waals surface area contributed by atoms with Crippen molar-refractivity contribution in [3.05, 3.63) is 99.2 Å². The van der Waals surface area contributed by atoms with Crippen molar-refractivity contribution in [2.45, 2.75) is 84.4 Å². The van der Waals surface area contributed by atoms with Gasteiger partial charge in [0.15, 0.2) is 5.96 Å². The highest BCUT2D eigenvalue weighted by Gasteiger charge is 2.27. The molecule has 1 unspecified atom stereocenters. The molecule has 56 heavy (non-hydrogen) atoms. The first-order chi connectivity index (χ1) is 26.8. The van der Waals surface area contributed by atoms with Gasteiger partial charge in [0, 0.05) is 35.7 Å². The van der Waals surface area contributed by atoms with Crippen LogP contribution in [-0.2, 0) is 48.4 Å². The summed E-state index contributed by atoms with van der Waals surface area (Å²) in [5.74, 6) is -2.27. The van der Waals surface area contributed by atoms with Crippen molar-refractivity contribution in [1.82, 2.24) is 9.78 Å². The number of unbranched alkanes of at least 4 members (excludes halogenated alkanes) is 1. The van der Waals surface area contributed by atoms with E-state index in [0.29, 0.717) is 55.3 Å². The Morgan fingerprint density at radius 1 is 0.964 bits per heavy atom. The van der Waals surface area contributed by atoms with E-state index < -0.39 is 29.9 Å². The number of rotatable bonds is 19. The third-order valence-electron chi connectivity index (χ3n) is 9.43. The van der Waals surface area contributed by atoms with Crippen LogP contribution in [0.4, 0.5) is 0 Å². The first-order valence-corrected chi connectivity index (χ1v) is 19.0. The molecule has 1 aliphatic rings. The summed E-state index contributed by atoms with van der Waals surface area (Å²) in [7, 11) is 0. The minimum absolute atomic E-state index is 0.0129. The molecule has 1 aromatic heterocycles.